The second kappa shape index (κ2) is 2.06. The van der Waals surface area contributed by atoms with Crippen molar-refractivity contribution >= 4 is 29.1 Å². The maximum atomic E-state index is 10.7. The molecular formula is C6H2N2O2S. The van der Waals surface area contributed by atoms with Gasteiger partial charge < -0.3 is 0 Å². The minimum Gasteiger partial charge on any atom is -0.284 e. The lowest BCUT2D eigenvalue weighted by atomic mass is 10.3. The number of rotatable bonds is 0. The number of aromatic nitrogens is 1. The number of hydrogen-bond donors (Lipinski definition) is 0. The fourth-order valence-corrected chi connectivity index (χ4v) is 1.41. The molecule has 1 aromatic rings. The van der Waals surface area contributed by atoms with Crippen LogP contribution in [-0.4, -0.2) is 16.7 Å². The SMILES string of the molecule is O=C1C=c2scnc2=NC1=O. The van der Waals surface area contributed by atoms with Gasteiger partial charge in [-0.1, -0.05) is 0 Å². The van der Waals surface area contributed by atoms with Gasteiger partial charge in [-0.05, 0) is 0 Å². The van der Waals surface area contributed by atoms with Gasteiger partial charge in [0.25, 0.3) is 0 Å². The smallest absolute Gasteiger partial charge is 0.284 e. The third-order valence-electron chi connectivity index (χ3n) is 1.26. The third-order valence-corrected chi connectivity index (χ3v) is 2.02. The average molecular weight is 166 g/mol. The van der Waals surface area contributed by atoms with Crippen molar-refractivity contribution in [2.75, 3.05) is 0 Å². The molecule has 0 bridgehead atoms. The molecule has 0 aromatic carbocycles. The molecule has 0 saturated heterocycles. The Morgan fingerprint density at radius 1 is 1.36 bits per heavy atom. The second-order valence-corrected chi connectivity index (χ2v) is 2.85. The van der Waals surface area contributed by atoms with Crippen molar-refractivity contribution in [3.63, 3.8) is 0 Å². The number of thiazole rings is 1. The first kappa shape index (κ1) is 6.36. The largest absolute Gasteiger partial charge is 0.319 e. The van der Waals surface area contributed by atoms with E-state index in [1.807, 2.05) is 0 Å². The van der Waals surface area contributed by atoms with Crippen LogP contribution < -0.4 is 10.0 Å². The molecule has 1 amide bonds. The van der Waals surface area contributed by atoms with Crippen molar-refractivity contribution in [2.45, 2.75) is 0 Å². The summed E-state index contributed by atoms with van der Waals surface area (Å²) in [7, 11) is 0. The molecule has 0 radical (unpaired) electrons. The summed E-state index contributed by atoms with van der Waals surface area (Å²) in [5, 5.41) is 0. The van der Waals surface area contributed by atoms with Gasteiger partial charge in [-0.3, -0.25) is 9.59 Å². The fourth-order valence-electron chi connectivity index (χ4n) is 0.764. The molecule has 11 heavy (non-hydrogen) atoms. The first-order valence-corrected chi connectivity index (χ1v) is 3.73. The highest BCUT2D eigenvalue weighted by Gasteiger charge is 2.13. The molecule has 2 heterocycles. The van der Waals surface area contributed by atoms with Crippen LogP contribution in [0.25, 0.3) is 6.08 Å². The number of nitrogens with zero attached hydrogens (tertiary/aromatic N) is 2. The van der Waals surface area contributed by atoms with E-state index >= 15 is 0 Å². The minimum absolute atomic E-state index is 0.361. The monoisotopic (exact) mass is 166 g/mol. The van der Waals surface area contributed by atoms with E-state index in [0.29, 0.717) is 10.0 Å². The summed E-state index contributed by atoms with van der Waals surface area (Å²) >= 11 is 1.30. The van der Waals surface area contributed by atoms with Crippen LogP contribution in [0.3, 0.4) is 0 Å². The first-order valence-electron chi connectivity index (χ1n) is 2.85. The number of carbonyl (C=O) groups is 2. The molecule has 54 valence electrons. The van der Waals surface area contributed by atoms with Crippen molar-refractivity contribution < 1.29 is 9.59 Å². The third kappa shape index (κ3) is 0.894. The highest BCUT2D eigenvalue weighted by Crippen LogP contribution is 1.86. The molecule has 4 nitrogen and oxygen atoms in total. The number of amides is 1. The van der Waals surface area contributed by atoms with Gasteiger partial charge in [-0.25, -0.2) is 4.98 Å². The number of carbonyl (C=O) groups excluding carboxylic acids is 2. The van der Waals surface area contributed by atoms with Crippen LogP contribution >= 0.6 is 11.3 Å². The summed E-state index contributed by atoms with van der Waals surface area (Å²) in [6.07, 6.45) is 1.27. The highest BCUT2D eigenvalue weighted by molar-refractivity contribution is 7.07. The summed E-state index contributed by atoms with van der Waals surface area (Å²) in [5.41, 5.74) is 1.91. The van der Waals surface area contributed by atoms with Gasteiger partial charge >= 0.3 is 5.91 Å². The zero-order valence-corrected chi connectivity index (χ0v) is 6.09. The van der Waals surface area contributed by atoms with Gasteiger partial charge in [-0.2, -0.15) is 4.99 Å². The number of Topliss-reactive ketones (excluding diaryl/α,β-unsaturated/α-hetero) is 1. The van der Waals surface area contributed by atoms with Crippen molar-refractivity contribution in [3.8, 4) is 0 Å². The maximum absolute atomic E-state index is 10.7. The topological polar surface area (TPSA) is 59.4 Å². The summed E-state index contributed by atoms with van der Waals surface area (Å²) in [6.45, 7) is 0. The fraction of sp³-hybridized carbons (Fsp3) is 0. The summed E-state index contributed by atoms with van der Waals surface area (Å²) in [5.74, 6) is -1.30. The van der Waals surface area contributed by atoms with Gasteiger partial charge in [0.2, 0.25) is 5.78 Å². The van der Waals surface area contributed by atoms with Gasteiger partial charge in [0, 0.05) is 6.08 Å². The number of hydrogen-bond acceptors (Lipinski definition) is 4. The lowest BCUT2D eigenvalue weighted by molar-refractivity contribution is -0.132. The zero-order chi connectivity index (χ0) is 7.84. The Morgan fingerprint density at radius 2 is 2.18 bits per heavy atom. The predicted octanol–water partition coefficient (Wildman–Crippen LogP) is -1.35. The van der Waals surface area contributed by atoms with Crippen LogP contribution in [-0.2, 0) is 9.59 Å². The minimum atomic E-state index is -0.733. The molecule has 0 N–H and O–H groups in total. The number of fused-ring (bicyclic) bond motifs is 1. The van der Waals surface area contributed by atoms with E-state index in [1.165, 1.54) is 17.4 Å². The lowest BCUT2D eigenvalue weighted by Gasteiger charge is -1.88. The maximum Gasteiger partial charge on any atom is 0.319 e. The Kier molecular flexibility index (Phi) is 1.19. The van der Waals surface area contributed by atoms with Gasteiger partial charge in [0.05, 0.1) is 10.0 Å². The van der Waals surface area contributed by atoms with E-state index in [2.05, 4.69) is 9.98 Å². The van der Waals surface area contributed by atoms with E-state index in [9.17, 15) is 9.59 Å². The first-order chi connectivity index (χ1) is 5.27. The van der Waals surface area contributed by atoms with Gasteiger partial charge in [0.1, 0.15) is 0 Å². The van der Waals surface area contributed by atoms with E-state index in [4.69, 9.17) is 0 Å². The molecule has 0 unspecified atom stereocenters. The van der Waals surface area contributed by atoms with E-state index < -0.39 is 11.7 Å². The molecule has 2 rings (SSSR count). The molecule has 0 fully saturated rings. The molecule has 5 heteroatoms. The van der Waals surface area contributed by atoms with Crippen molar-refractivity contribution in [2.24, 2.45) is 4.99 Å². The molecule has 0 atom stereocenters. The van der Waals surface area contributed by atoms with E-state index in [0.717, 1.165) is 0 Å². The summed E-state index contributed by atoms with van der Waals surface area (Å²) in [4.78, 5) is 28.7. The van der Waals surface area contributed by atoms with E-state index in [1.54, 1.807) is 5.51 Å². The normalized spacial score (nSPS) is 15.3. The van der Waals surface area contributed by atoms with Crippen LogP contribution in [0.4, 0.5) is 0 Å². The van der Waals surface area contributed by atoms with Crippen LogP contribution in [0.1, 0.15) is 0 Å². The zero-order valence-electron chi connectivity index (χ0n) is 5.27. The summed E-state index contributed by atoms with van der Waals surface area (Å²) in [6, 6.07) is 0. The molecule has 1 aliphatic heterocycles. The van der Waals surface area contributed by atoms with Crippen LogP contribution in [0.2, 0.25) is 0 Å². The van der Waals surface area contributed by atoms with E-state index in [-0.39, 0.29) is 0 Å². The van der Waals surface area contributed by atoms with Crippen LogP contribution in [0.15, 0.2) is 10.5 Å². The molecule has 0 saturated carbocycles. The lowest BCUT2D eigenvalue weighted by Crippen LogP contribution is -2.31. The highest BCUT2D eigenvalue weighted by atomic mass is 32.1. The quantitative estimate of drug-likeness (QED) is 0.448. The molecule has 1 aromatic heterocycles. The molecular weight excluding hydrogens is 164 g/mol. The molecule has 0 spiro atoms. The molecule has 0 aliphatic carbocycles. The Bertz CT molecular complexity index is 405. The van der Waals surface area contributed by atoms with Gasteiger partial charge in [0.15, 0.2) is 5.49 Å². The van der Waals surface area contributed by atoms with Gasteiger partial charge in [-0.15, -0.1) is 11.3 Å². The Balaban J connectivity index is 2.89. The van der Waals surface area contributed by atoms with Crippen molar-refractivity contribution in [3.05, 3.63) is 15.5 Å². The van der Waals surface area contributed by atoms with Crippen LogP contribution in [0, 0.1) is 0 Å². The predicted molar refractivity (Wildman–Crippen MR) is 37.4 cm³/mol. The standard InChI is InChI=1S/C6H2N2O2S/c9-3-1-4-5(7-2-11-4)8-6(3)10/h1-2H. The number of ketones is 1. The Hall–Kier alpha value is -1.36. The Morgan fingerprint density at radius 3 is 3.00 bits per heavy atom. The van der Waals surface area contributed by atoms with Crippen LogP contribution in [0.5, 0.6) is 0 Å². The second-order valence-electron chi connectivity index (χ2n) is 1.97. The summed E-state index contributed by atoms with van der Waals surface area (Å²) < 4.78 is 0.662. The average Bonchev–Trinajstić information content (AvgIpc) is 2.36. The molecule has 1 aliphatic rings. The Labute approximate surface area is 64.9 Å². The van der Waals surface area contributed by atoms with Crippen molar-refractivity contribution in [1.82, 2.24) is 4.98 Å². The van der Waals surface area contributed by atoms with Crippen molar-refractivity contribution in [1.29, 1.82) is 0 Å².